The minimum absolute atomic E-state index is 0.0284. The predicted octanol–water partition coefficient (Wildman–Crippen LogP) is 1.84. The summed E-state index contributed by atoms with van der Waals surface area (Å²) in [5.74, 6) is 0.753. The number of hydrogen-bond acceptors (Lipinski definition) is 5. The van der Waals surface area contributed by atoms with E-state index in [1.165, 1.54) is 0 Å². The molecule has 1 heterocycles. The second kappa shape index (κ2) is 5.99. The molecule has 0 fully saturated rings. The molecule has 0 unspecified atom stereocenters. The van der Waals surface area contributed by atoms with E-state index in [0.29, 0.717) is 29.4 Å². The number of aryl methyl sites for hydroxylation is 1. The van der Waals surface area contributed by atoms with Crippen molar-refractivity contribution in [2.24, 2.45) is 0 Å². The highest BCUT2D eigenvalue weighted by atomic mass is 16.5. The zero-order valence-electron chi connectivity index (χ0n) is 10.5. The molecule has 0 saturated heterocycles. The summed E-state index contributed by atoms with van der Waals surface area (Å²) in [6.07, 6.45) is 0.653. The highest BCUT2D eigenvalue weighted by Gasteiger charge is 2.06. The number of aromatic nitrogens is 2. The van der Waals surface area contributed by atoms with E-state index >= 15 is 0 Å². The summed E-state index contributed by atoms with van der Waals surface area (Å²) in [6.45, 7) is 2.12. The maximum Gasteiger partial charge on any atom is 0.307 e. The molecule has 0 atom stereocenters. The van der Waals surface area contributed by atoms with E-state index in [1.54, 1.807) is 24.3 Å². The quantitative estimate of drug-likeness (QED) is 0.854. The fraction of sp³-hybridized carbons (Fsp3) is 0.308. The molecule has 2 aromatic rings. The number of aliphatic carboxylic acids is 1. The van der Waals surface area contributed by atoms with Crippen LogP contribution in [-0.4, -0.2) is 21.2 Å². The van der Waals surface area contributed by atoms with Gasteiger partial charge in [0, 0.05) is 6.42 Å². The number of carboxylic acid groups (broad SMARTS) is 1. The van der Waals surface area contributed by atoms with E-state index in [-0.39, 0.29) is 13.0 Å². The fourth-order valence-electron chi connectivity index (χ4n) is 1.56. The molecule has 2 rings (SSSR count). The minimum Gasteiger partial charge on any atom is -0.485 e. The number of hydrogen-bond donors (Lipinski definition) is 1. The monoisotopic (exact) mass is 262 g/mol. The zero-order chi connectivity index (χ0) is 13.7. The molecule has 0 radical (unpaired) electrons. The lowest BCUT2D eigenvalue weighted by molar-refractivity contribution is -0.136. The molecule has 1 N–H and O–H groups in total. The Kier molecular flexibility index (Phi) is 4.12. The van der Waals surface area contributed by atoms with Crippen molar-refractivity contribution in [2.75, 3.05) is 0 Å². The Bertz CT molecular complexity index is 565. The van der Waals surface area contributed by atoms with Gasteiger partial charge < -0.3 is 14.4 Å². The van der Waals surface area contributed by atoms with Crippen LogP contribution in [0.2, 0.25) is 0 Å². The van der Waals surface area contributed by atoms with E-state index in [2.05, 4.69) is 10.1 Å². The van der Waals surface area contributed by atoms with Gasteiger partial charge in [0.05, 0.1) is 6.42 Å². The molecular formula is C13H14N2O4. The first-order valence-corrected chi connectivity index (χ1v) is 5.92. The van der Waals surface area contributed by atoms with Crippen molar-refractivity contribution in [1.82, 2.24) is 10.1 Å². The summed E-state index contributed by atoms with van der Waals surface area (Å²) in [6, 6.07) is 6.94. The molecule has 100 valence electrons. The normalized spacial score (nSPS) is 10.4. The first-order valence-electron chi connectivity index (χ1n) is 5.92. The summed E-state index contributed by atoms with van der Waals surface area (Å²) in [5, 5.41) is 12.5. The molecule has 6 heteroatoms. The van der Waals surface area contributed by atoms with Crippen LogP contribution in [0.1, 0.15) is 24.2 Å². The summed E-state index contributed by atoms with van der Waals surface area (Å²) in [4.78, 5) is 14.7. The van der Waals surface area contributed by atoms with Crippen molar-refractivity contribution >= 4 is 5.97 Å². The third-order valence-corrected chi connectivity index (χ3v) is 2.43. The number of ether oxygens (including phenoxy) is 1. The highest BCUT2D eigenvalue weighted by Crippen LogP contribution is 2.15. The van der Waals surface area contributed by atoms with Gasteiger partial charge in [-0.15, -0.1) is 0 Å². The molecule has 6 nitrogen and oxygen atoms in total. The van der Waals surface area contributed by atoms with Crippen LogP contribution in [0.5, 0.6) is 5.75 Å². The average Bonchev–Trinajstić information content (AvgIpc) is 2.84. The molecule has 1 aromatic heterocycles. The zero-order valence-corrected chi connectivity index (χ0v) is 10.5. The van der Waals surface area contributed by atoms with Gasteiger partial charge in [0.1, 0.15) is 5.75 Å². The Hall–Kier alpha value is -2.37. The molecule has 0 aliphatic rings. The summed E-state index contributed by atoms with van der Waals surface area (Å²) >= 11 is 0. The lowest BCUT2D eigenvalue weighted by Gasteiger charge is -2.04. The smallest absolute Gasteiger partial charge is 0.307 e. The molecule has 1 aromatic carbocycles. The fourth-order valence-corrected chi connectivity index (χ4v) is 1.56. The van der Waals surface area contributed by atoms with Gasteiger partial charge in [-0.25, -0.2) is 0 Å². The van der Waals surface area contributed by atoms with Crippen LogP contribution < -0.4 is 4.74 Å². The van der Waals surface area contributed by atoms with Crippen molar-refractivity contribution in [2.45, 2.75) is 26.4 Å². The van der Waals surface area contributed by atoms with Gasteiger partial charge in [-0.2, -0.15) is 4.98 Å². The number of benzene rings is 1. The Morgan fingerprint density at radius 1 is 1.47 bits per heavy atom. The summed E-state index contributed by atoms with van der Waals surface area (Å²) in [5.41, 5.74) is 0.687. The second-order valence-electron chi connectivity index (χ2n) is 3.96. The van der Waals surface area contributed by atoms with Crippen molar-refractivity contribution < 1.29 is 19.2 Å². The first kappa shape index (κ1) is 13.1. The van der Waals surface area contributed by atoms with Gasteiger partial charge in [-0.1, -0.05) is 24.2 Å². The standard InChI is InChI=1S/C13H14N2O4/c1-2-12-14-11(15-19-12)8-18-10-5-3-4-9(6-10)7-13(16)17/h3-6H,2,7-8H2,1H3,(H,16,17). The van der Waals surface area contributed by atoms with Gasteiger partial charge >= 0.3 is 5.97 Å². The molecule has 0 spiro atoms. The maximum absolute atomic E-state index is 10.6. The van der Waals surface area contributed by atoms with Gasteiger partial charge in [0.15, 0.2) is 6.61 Å². The number of carbonyl (C=O) groups is 1. The molecule has 19 heavy (non-hydrogen) atoms. The van der Waals surface area contributed by atoms with Gasteiger partial charge in [0.25, 0.3) is 0 Å². The van der Waals surface area contributed by atoms with Crippen LogP contribution in [0.25, 0.3) is 0 Å². The molecule has 0 bridgehead atoms. The molecule has 0 aliphatic heterocycles. The Balaban J connectivity index is 1.97. The van der Waals surface area contributed by atoms with Gasteiger partial charge in [-0.3, -0.25) is 4.79 Å². The van der Waals surface area contributed by atoms with Gasteiger partial charge in [0.2, 0.25) is 11.7 Å². The molecule has 0 aliphatic carbocycles. The van der Waals surface area contributed by atoms with Crippen molar-refractivity contribution in [1.29, 1.82) is 0 Å². The second-order valence-corrected chi connectivity index (χ2v) is 3.96. The van der Waals surface area contributed by atoms with Crippen LogP contribution in [0.4, 0.5) is 0 Å². The predicted molar refractivity (Wildman–Crippen MR) is 65.8 cm³/mol. The largest absolute Gasteiger partial charge is 0.485 e. The van der Waals surface area contributed by atoms with Crippen LogP contribution in [0.3, 0.4) is 0 Å². The maximum atomic E-state index is 10.6. The van der Waals surface area contributed by atoms with E-state index in [4.69, 9.17) is 14.4 Å². The van der Waals surface area contributed by atoms with E-state index < -0.39 is 5.97 Å². The lowest BCUT2D eigenvalue weighted by Crippen LogP contribution is -2.01. The first-order chi connectivity index (χ1) is 9.17. The molecular weight excluding hydrogens is 248 g/mol. The van der Waals surface area contributed by atoms with Crippen molar-refractivity contribution in [3.8, 4) is 5.75 Å². The lowest BCUT2D eigenvalue weighted by atomic mass is 10.1. The topological polar surface area (TPSA) is 85.5 Å². The van der Waals surface area contributed by atoms with E-state index in [0.717, 1.165) is 0 Å². The van der Waals surface area contributed by atoms with Crippen LogP contribution in [-0.2, 0) is 24.2 Å². The van der Waals surface area contributed by atoms with Crippen LogP contribution in [0, 0.1) is 0 Å². The van der Waals surface area contributed by atoms with E-state index in [9.17, 15) is 4.79 Å². The summed E-state index contributed by atoms with van der Waals surface area (Å²) < 4.78 is 10.5. The SMILES string of the molecule is CCc1nc(COc2cccc(CC(=O)O)c2)no1. The molecule has 0 amide bonds. The number of carboxylic acids is 1. The van der Waals surface area contributed by atoms with Gasteiger partial charge in [-0.05, 0) is 17.7 Å². The van der Waals surface area contributed by atoms with Crippen LogP contribution in [0.15, 0.2) is 28.8 Å². The average molecular weight is 262 g/mol. The third kappa shape index (κ3) is 3.80. The Labute approximate surface area is 110 Å². The Morgan fingerprint density at radius 2 is 2.32 bits per heavy atom. The van der Waals surface area contributed by atoms with Crippen molar-refractivity contribution in [3.63, 3.8) is 0 Å². The van der Waals surface area contributed by atoms with Crippen molar-refractivity contribution in [3.05, 3.63) is 41.5 Å². The van der Waals surface area contributed by atoms with E-state index in [1.807, 2.05) is 6.92 Å². The Morgan fingerprint density at radius 3 is 3.00 bits per heavy atom. The number of rotatable bonds is 6. The third-order valence-electron chi connectivity index (χ3n) is 2.43. The highest BCUT2D eigenvalue weighted by molar-refractivity contribution is 5.70. The molecule has 0 saturated carbocycles. The number of nitrogens with zero attached hydrogens (tertiary/aromatic N) is 2. The van der Waals surface area contributed by atoms with Crippen LogP contribution >= 0.6 is 0 Å². The minimum atomic E-state index is -0.872. The summed E-state index contributed by atoms with van der Waals surface area (Å²) in [7, 11) is 0.